The lowest BCUT2D eigenvalue weighted by atomic mass is 10.2. The van der Waals surface area contributed by atoms with Gasteiger partial charge in [0.2, 0.25) is 0 Å². The maximum atomic E-state index is 11.3. The molecule has 0 amide bonds. The highest BCUT2D eigenvalue weighted by Gasteiger charge is 2.09. The smallest absolute Gasteiger partial charge is 0.320 e. The van der Waals surface area contributed by atoms with Crippen LogP contribution in [-0.4, -0.2) is 42.1 Å². The largest absolute Gasteiger partial charge is 0.465 e. The Morgan fingerprint density at radius 2 is 2.29 bits per heavy atom. The van der Waals surface area contributed by atoms with Crippen LogP contribution in [-0.2, 0) is 16.0 Å². The van der Waals surface area contributed by atoms with Gasteiger partial charge in [-0.3, -0.25) is 14.7 Å². The lowest BCUT2D eigenvalue weighted by Gasteiger charge is -2.18. The fourth-order valence-corrected chi connectivity index (χ4v) is 1.57. The number of rotatable bonds is 7. The van der Waals surface area contributed by atoms with E-state index in [9.17, 15) is 4.79 Å². The zero-order chi connectivity index (χ0) is 12.5. The predicted octanol–water partition coefficient (Wildman–Crippen LogP) is 1.51. The topological polar surface area (TPSA) is 42.4 Å². The van der Waals surface area contributed by atoms with E-state index in [1.807, 2.05) is 32.2 Å². The van der Waals surface area contributed by atoms with Crippen LogP contribution in [0.1, 0.15) is 19.4 Å². The molecule has 17 heavy (non-hydrogen) atoms. The summed E-state index contributed by atoms with van der Waals surface area (Å²) in [5.41, 5.74) is 1.19. The molecule has 0 aromatic carbocycles. The van der Waals surface area contributed by atoms with E-state index in [0.29, 0.717) is 13.2 Å². The molecule has 0 aliphatic rings. The SMILES string of the molecule is CCOC(=O)CN(CC)CCc1cccnc1. The summed E-state index contributed by atoms with van der Waals surface area (Å²) in [6.07, 6.45) is 4.53. The molecule has 4 nitrogen and oxygen atoms in total. The summed E-state index contributed by atoms with van der Waals surface area (Å²) in [7, 11) is 0. The molecule has 0 unspecified atom stereocenters. The maximum Gasteiger partial charge on any atom is 0.320 e. The van der Waals surface area contributed by atoms with E-state index >= 15 is 0 Å². The Balaban J connectivity index is 2.34. The number of ether oxygens (including phenoxy) is 1. The summed E-state index contributed by atoms with van der Waals surface area (Å²) in [6, 6.07) is 3.97. The van der Waals surface area contributed by atoms with Crippen LogP contribution >= 0.6 is 0 Å². The Labute approximate surface area is 103 Å². The quantitative estimate of drug-likeness (QED) is 0.673. The van der Waals surface area contributed by atoms with Crippen molar-refractivity contribution in [2.75, 3.05) is 26.2 Å². The molecule has 0 radical (unpaired) electrons. The summed E-state index contributed by atoms with van der Waals surface area (Å²) < 4.78 is 4.93. The molecule has 1 heterocycles. The molecule has 94 valence electrons. The number of hydrogen-bond donors (Lipinski definition) is 0. The van der Waals surface area contributed by atoms with Gasteiger partial charge >= 0.3 is 5.97 Å². The highest BCUT2D eigenvalue weighted by molar-refractivity contribution is 5.71. The Kier molecular flexibility index (Phi) is 6.25. The van der Waals surface area contributed by atoms with Gasteiger partial charge in [0.05, 0.1) is 13.2 Å². The van der Waals surface area contributed by atoms with Crippen molar-refractivity contribution in [3.63, 3.8) is 0 Å². The van der Waals surface area contributed by atoms with E-state index in [1.54, 1.807) is 6.20 Å². The van der Waals surface area contributed by atoms with Crippen LogP contribution in [0.3, 0.4) is 0 Å². The number of likely N-dealkylation sites (N-methyl/N-ethyl adjacent to an activating group) is 1. The van der Waals surface area contributed by atoms with Crippen LogP contribution < -0.4 is 0 Å². The molecule has 0 atom stereocenters. The Morgan fingerprint density at radius 1 is 1.47 bits per heavy atom. The zero-order valence-electron chi connectivity index (χ0n) is 10.6. The van der Waals surface area contributed by atoms with Crippen LogP contribution in [0, 0.1) is 0 Å². The van der Waals surface area contributed by atoms with Crippen molar-refractivity contribution >= 4 is 5.97 Å². The van der Waals surface area contributed by atoms with Crippen LogP contribution in [0.2, 0.25) is 0 Å². The summed E-state index contributed by atoms with van der Waals surface area (Å²) in [5.74, 6) is -0.152. The lowest BCUT2D eigenvalue weighted by Crippen LogP contribution is -2.32. The first-order chi connectivity index (χ1) is 8.26. The normalized spacial score (nSPS) is 10.5. The summed E-state index contributed by atoms with van der Waals surface area (Å²) in [4.78, 5) is 17.5. The fraction of sp³-hybridized carbons (Fsp3) is 0.538. The number of esters is 1. The van der Waals surface area contributed by atoms with Crippen molar-refractivity contribution in [1.82, 2.24) is 9.88 Å². The van der Waals surface area contributed by atoms with Crippen molar-refractivity contribution in [2.45, 2.75) is 20.3 Å². The lowest BCUT2D eigenvalue weighted by molar-refractivity contribution is -0.144. The van der Waals surface area contributed by atoms with Crippen molar-refractivity contribution in [3.8, 4) is 0 Å². The average Bonchev–Trinajstić information content (AvgIpc) is 2.36. The molecule has 0 aliphatic carbocycles. The molecule has 0 bridgehead atoms. The minimum absolute atomic E-state index is 0.152. The number of carbonyl (C=O) groups excluding carboxylic acids is 1. The van der Waals surface area contributed by atoms with E-state index in [-0.39, 0.29) is 5.97 Å². The van der Waals surface area contributed by atoms with Gasteiger partial charge in [0.15, 0.2) is 0 Å². The molecule has 0 saturated heterocycles. The zero-order valence-corrected chi connectivity index (χ0v) is 10.6. The van der Waals surface area contributed by atoms with E-state index in [4.69, 9.17) is 4.74 Å². The second kappa shape index (κ2) is 7.79. The summed E-state index contributed by atoms with van der Waals surface area (Å²) in [6.45, 7) is 6.37. The molecule has 0 fully saturated rings. The Morgan fingerprint density at radius 3 is 2.88 bits per heavy atom. The van der Waals surface area contributed by atoms with Gasteiger partial charge in [-0.15, -0.1) is 0 Å². The average molecular weight is 236 g/mol. The third-order valence-electron chi connectivity index (χ3n) is 2.54. The first kappa shape index (κ1) is 13.6. The van der Waals surface area contributed by atoms with Gasteiger partial charge in [0.1, 0.15) is 0 Å². The number of aromatic nitrogens is 1. The maximum absolute atomic E-state index is 11.3. The van der Waals surface area contributed by atoms with Gasteiger partial charge in [-0.1, -0.05) is 13.0 Å². The number of nitrogens with zero attached hydrogens (tertiary/aromatic N) is 2. The Bertz CT molecular complexity index is 327. The van der Waals surface area contributed by atoms with Crippen LogP contribution in [0.5, 0.6) is 0 Å². The highest BCUT2D eigenvalue weighted by atomic mass is 16.5. The molecule has 1 rings (SSSR count). The molecule has 0 saturated carbocycles. The molecular formula is C13H20N2O2. The van der Waals surface area contributed by atoms with Crippen LogP contribution in [0.4, 0.5) is 0 Å². The van der Waals surface area contributed by atoms with Crippen molar-refractivity contribution < 1.29 is 9.53 Å². The molecule has 4 heteroatoms. The van der Waals surface area contributed by atoms with Crippen LogP contribution in [0.15, 0.2) is 24.5 Å². The molecule has 1 aromatic rings. The van der Waals surface area contributed by atoms with Gasteiger partial charge in [-0.05, 0) is 31.5 Å². The van der Waals surface area contributed by atoms with E-state index < -0.39 is 0 Å². The van der Waals surface area contributed by atoms with Gasteiger partial charge in [-0.2, -0.15) is 0 Å². The molecule has 0 spiro atoms. The summed E-state index contributed by atoms with van der Waals surface area (Å²) in [5, 5.41) is 0. The van der Waals surface area contributed by atoms with E-state index in [2.05, 4.69) is 9.88 Å². The first-order valence-electron chi connectivity index (χ1n) is 6.03. The van der Waals surface area contributed by atoms with Crippen molar-refractivity contribution in [2.24, 2.45) is 0 Å². The third kappa shape index (κ3) is 5.45. The molecule has 1 aromatic heterocycles. The first-order valence-corrected chi connectivity index (χ1v) is 6.03. The van der Waals surface area contributed by atoms with Gasteiger partial charge in [0, 0.05) is 18.9 Å². The number of pyridine rings is 1. The standard InChI is InChI=1S/C13H20N2O2/c1-3-15(11-13(16)17-4-2)9-7-12-6-5-8-14-10-12/h5-6,8,10H,3-4,7,9,11H2,1-2H3. The second-order valence-electron chi connectivity index (χ2n) is 3.79. The van der Waals surface area contributed by atoms with Crippen molar-refractivity contribution in [1.29, 1.82) is 0 Å². The highest BCUT2D eigenvalue weighted by Crippen LogP contribution is 1.99. The fourth-order valence-electron chi connectivity index (χ4n) is 1.57. The van der Waals surface area contributed by atoms with Gasteiger partial charge in [0.25, 0.3) is 0 Å². The van der Waals surface area contributed by atoms with E-state index in [0.717, 1.165) is 19.5 Å². The minimum Gasteiger partial charge on any atom is -0.465 e. The number of hydrogen-bond acceptors (Lipinski definition) is 4. The van der Waals surface area contributed by atoms with Crippen LogP contribution in [0.25, 0.3) is 0 Å². The summed E-state index contributed by atoms with van der Waals surface area (Å²) >= 11 is 0. The van der Waals surface area contributed by atoms with Gasteiger partial charge in [-0.25, -0.2) is 0 Å². The van der Waals surface area contributed by atoms with Crippen molar-refractivity contribution in [3.05, 3.63) is 30.1 Å². The van der Waals surface area contributed by atoms with Gasteiger partial charge < -0.3 is 4.74 Å². The number of carbonyl (C=O) groups is 1. The monoisotopic (exact) mass is 236 g/mol. The third-order valence-corrected chi connectivity index (χ3v) is 2.54. The minimum atomic E-state index is -0.152. The second-order valence-corrected chi connectivity index (χ2v) is 3.79. The molecule has 0 aliphatic heterocycles. The molecule has 0 N–H and O–H groups in total. The Hall–Kier alpha value is -1.42. The molecular weight excluding hydrogens is 216 g/mol. The predicted molar refractivity (Wildman–Crippen MR) is 66.7 cm³/mol. The van der Waals surface area contributed by atoms with E-state index in [1.165, 1.54) is 5.56 Å².